The fourth-order valence-electron chi connectivity index (χ4n) is 3.60. The van der Waals surface area contributed by atoms with E-state index in [1.54, 1.807) is 11.3 Å². The molecule has 3 heterocycles. The molecule has 0 radical (unpaired) electrons. The number of hydrogen-bond donors (Lipinski definition) is 1. The number of rotatable bonds is 7. The summed E-state index contributed by atoms with van der Waals surface area (Å²) in [6, 6.07) is 10.3. The van der Waals surface area contributed by atoms with Gasteiger partial charge in [0.2, 0.25) is 0 Å². The first kappa shape index (κ1) is 21.2. The van der Waals surface area contributed by atoms with Crippen LogP contribution >= 0.6 is 11.3 Å². The summed E-state index contributed by atoms with van der Waals surface area (Å²) >= 11 is 1.64. The Labute approximate surface area is 181 Å². The standard InChI is InChI=1S/C21H27N5O2S2/c1-25(2)14-18-23-20(22-8-9-26-10-12-30(27,28)13-11-26)19-17(15-29-21(19)24-18)16-6-4-3-5-7-16/h3-7,15H,8-14H2,1-2H3,(H,22,23,24). The van der Waals surface area contributed by atoms with E-state index in [2.05, 4.69) is 32.6 Å². The van der Waals surface area contributed by atoms with Gasteiger partial charge in [-0.25, -0.2) is 18.4 Å². The van der Waals surface area contributed by atoms with Gasteiger partial charge in [-0.05, 0) is 19.7 Å². The normalized spacial score (nSPS) is 16.9. The van der Waals surface area contributed by atoms with E-state index in [1.807, 2.05) is 32.3 Å². The first-order chi connectivity index (χ1) is 14.4. The van der Waals surface area contributed by atoms with Gasteiger partial charge in [0.05, 0.1) is 23.4 Å². The summed E-state index contributed by atoms with van der Waals surface area (Å²) in [4.78, 5) is 14.9. The molecule has 0 atom stereocenters. The van der Waals surface area contributed by atoms with Crippen LogP contribution in [-0.2, 0) is 16.4 Å². The highest BCUT2D eigenvalue weighted by Crippen LogP contribution is 2.36. The molecule has 30 heavy (non-hydrogen) atoms. The molecule has 0 unspecified atom stereocenters. The van der Waals surface area contributed by atoms with Crippen molar-refractivity contribution in [3.05, 3.63) is 41.5 Å². The molecular weight excluding hydrogens is 418 g/mol. The third-order valence-electron chi connectivity index (χ3n) is 5.18. The third-order valence-corrected chi connectivity index (χ3v) is 7.66. The Morgan fingerprint density at radius 3 is 2.57 bits per heavy atom. The average Bonchev–Trinajstić information content (AvgIpc) is 3.13. The lowest BCUT2D eigenvalue weighted by molar-refractivity contribution is 0.307. The smallest absolute Gasteiger partial charge is 0.152 e. The second-order valence-corrected chi connectivity index (χ2v) is 11.0. The van der Waals surface area contributed by atoms with Gasteiger partial charge >= 0.3 is 0 Å². The highest BCUT2D eigenvalue weighted by atomic mass is 32.2. The lowest BCUT2D eigenvalue weighted by atomic mass is 10.1. The number of thiophene rings is 1. The number of anilines is 1. The van der Waals surface area contributed by atoms with Crippen molar-refractivity contribution in [3.8, 4) is 11.1 Å². The second kappa shape index (κ2) is 8.97. The molecule has 0 amide bonds. The van der Waals surface area contributed by atoms with Gasteiger partial charge in [0, 0.05) is 37.1 Å². The van der Waals surface area contributed by atoms with Crippen molar-refractivity contribution in [1.29, 1.82) is 0 Å². The molecule has 1 aromatic carbocycles. The van der Waals surface area contributed by atoms with Gasteiger partial charge in [0.1, 0.15) is 16.5 Å². The Morgan fingerprint density at radius 2 is 1.87 bits per heavy atom. The molecule has 9 heteroatoms. The van der Waals surface area contributed by atoms with Gasteiger partial charge in [0.25, 0.3) is 0 Å². The van der Waals surface area contributed by atoms with Crippen molar-refractivity contribution in [2.24, 2.45) is 0 Å². The molecule has 0 saturated carbocycles. The molecule has 1 N–H and O–H groups in total. The van der Waals surface area contributed by atoms with E-state index in [4.69, 9.17) is 9.97 Å². The van der Waals surface area contributed by atoms with Crippen molar-refractivity contribution in [3.63, 3.8) is 0 Å². The summed E-state index contributed by atoms with van der Waals surface area (Å²) in [6.07, 6.45) is 0. The van der Waals surface area contributed by atoms with E-state index in [0.29, 0.717) is 26.2 Å². The zero-order valence-electron chi connectivity index (χ0n) is 17.3. The van der Waals surface area contributed by atoms with Gasteiger partial charge in [-0.1, -0.05) is 30.3 Å². The zero-order valence-corrected chi connectivity index (χ0v) is 19.0. The molecule has 3 aromatic rings. The zero-order chi connectivity index (χ0) is 21.1. The SMILES string of the molecule is CN(C)Cc1nc(NCCN2CCS(=O)(=O)CC2)c2c(-c3ccccc3)csc2n1. The van der Waals surface area contributed by atoms with Crippen LogP contribution in [0.2, 0.25) is 0 Å². The summed E-state index contributed by atoms with van der Waals surface area (Å²) in [5.74, 6) is 2.14. The number of hydrogen-bond acceptors (Lipinski definition) is 8. The maximum absolute atomic E-state index is 11.6. The summed E-state index contributed by atoms with van der Waals surface area (Å²) in [6.45, 7) is 3.37. The minimum Gasteiger partial charge on any atom is -0.368 e. The van der Waals surface area contributed by atoms with Crippen LogP contribution in [0.15, 0.2) is 35.7 Å². The summed E-state index contributed by atoms with van der Waals surface area (Å²) in [7, 11) is 1.16. The van der Waals surface area contributed by atoms with E-state index in [9.17, 15) is 8.42 Å². The molecule has 0 aliphatic carbocycles. The lowest BCUT2D eigenvalue weighted by Crippen LogP contribution is -2.42. The van der Waals surface area contributed by atoms with Crippen molar-refractivity contribution < 1.29 is 8.42 Å². The van der Waals surface area contributed by atoms with Gasteiger partial charge in [-0.3, -0.25) is 4.90 Å². The van der Waals surface area contributed by atoms with Crippen LogP contribution < -0.4 is 5.32 Å². The van der Waals surface area contributed by atoms with Crippen molar-refractivity contribution >= 4 is 37.2 Å². The largest absolute Gasteiger partial charge is 0.368 e. The summed E-state index contributed by atoms with van der Waals surface area (Å²) < 4.78 is 23.3. The monoisotopic (exact) mass is 445 g/mol. The van der Waals surface area contributed by atoms with E-state index in [-0.39, 0.29) is 11.5 Å². The molecule has 7 nitrogen and oxygen atoms in total. The lowest BCUT2D eigenvalue weighted by Gasteiger charge is -2.26. The van der Waals surface area contributed by atoms with Crippen LogP contribution in [0.5, 0.6) is 0 Å². The van der Waals surface area contributed by atoms with Gasteiger partial charge in [-0.15, -0.1) is 11.3 Å². The predicted molar refractivity (Wildman–Crippen MR) is 124 cm³/mol. The Bertz CT molecular complexity index is 1100. The Kier molecular flexibility index (Phi) is 6.33. The first-order valence-corrected chi connectivity index (χ1v) is 12.8. The van der Waals surface area contributed by atoms with E-state index in [0.717, 1.165) is 39.5 Å². The molecule has 0 bridgehead atoms. The number of benzene rings is 1. The number of aromatic nitrogens is 2. The highest BCUT2D eigenvalue weighted by Gasteiger charge is 2.21. The predicted octanol–water partition coefficient (Wildman–Crippen LogP) is 2.56. The minimum absolute atomic E-state index is 0.250. The molecule has 1 saturated heterocycles. The molecule has 1 aliphatic rings. The van der Waals surface area contributed by atoms with Crippen molar-refractivity contribution in [2.45, 2.75) is 6.54 Å². The maximum atomic E-state index is 11.6. The third kappa shape index (κ3) is 4.97. The summed E-state index contributed by atoms with van der Waals surface area (Å²) in [5.41, 5.74) is 2.29. The molecule has 1 fully saturated rings. The van der Waals surface area contributed by atoms with Crippen LogP contribution in [0.3, 0.4) is 0 Å². The topological polar surface area (TPSA) is 78.4 Å². The van der Waals surface area contributed by atoms with Crippen molar-refractivity contribution in [1.82, 2.24) is 19.8 Å². The highest BCUT2D eigenvalue weighted by molar-refractivity contribution is 7.91. The first-order valence-electron chi connectivity index (χ1n) is 10.1. The molecule has 160 valence electrons. The van der Waals surface area contributed by atoms with Gasteiger partial charge in [0.15, 0.2) is 9.84 Å². The van der Waals surface area contributed by atoms with Gasteiger partial charge in [-0.2, -0.15) is 0 Å². The summed E-state index contributed by atoms with van der Waals surface area (Å²) in [5, 5.41) is 6.71. The number of nitrogens with one attached hydrogen (secondary N) is 1. The molecule has 0 spiro atoms. The van der Waals surface area contributed by atoms with Crippen LogP contribution in [0.4, 0.5) is 5.82 Å². The van der Waals surface area contributed by atoms with Crippen LogP contribution in [0, 0.1) is 0 Å². The molecular formula is C21H27N5O2S2. The molecule has 1 aliphatic heterocycles. The average molecular weight is 446 g/mol. The van der Waals surface area contributed by atoms with Gasteiger partial charge < -0.3 is 10.2 Å². The van der Waals surface area contributed by atoms with Crippen LogP contribution in [-0.4, -0.2) is 80.0 Å². The number of sulfone groups is 1. The Morgan fingerprint density at radius 1 is 1.13 bits per heavy atom. The fraction of sp³-hybridized carbons (Fsp3) is 0.429. The maximum Gasteiger partial charge on any atom is 0.152 e. The van der Waals surface area contributed by atoms with E-state index in [1.165, 1.54) is 0 Å². The Hall–Kier alpha value is -2.07. The van der Waals surface area contributed by atoms with E-state index < -0.39 is 9.84 Å². The van der Waals surface area contributed by atoms with Crippen LogP contribution in [0.25, 0.3) is 21.3 Å². The van der Waals surface area contributed by atoms with Crippen LogP contribution in [0.1, 0.15) is 5.82 Å². The molecule has 2 aromatic heterocycles. The number of nitrogens with zero attached hydrogens (tertiary/aromatic N) is 4. The van der Waals surface area contributed by atoms with E-state index >= 15 is 0 Å². The fourth-order valence-corrected chi connectivity index (χ4v) is 5.85. The second-order valence-electron chi connectivity index (χ2n) is 7.84. The molecule has 4 rings (SSSR count). The Balaban J connectivity index is 1.58. The number of fused-ring (bicyclic) bond motifs is 1. The minimum atomic E-state index is -2.85. The van der Waals surface area contributed by atoms with Crippen molar-refractivity contribution in [2.75, 3.05) is 57.1 Å². The quantitative estimate of drug-likeness (QED) is 0.599.